The van der Waals surface area contributed by atoms with E-state index in [0.29, 0.717) is 5.82 Å². The van der Waals surface area contributed by atoms with Gasteiger partial charge >= 0.3 is 0 Å². The minimum absolute atomic E-state index is 0.199. The molecule has 1 aromatic heterocycles. The smallest absolute Gasteiger partial charge is 0.181 e. The van der Waals surface area contributed by atoms with E-state index in [1.165, 1.54) is 6.20 Å². The third-order valence-electron chi connectivity index (χ3n) is 1.59. The van der Waals surface area contributed by atoms with E-state index in [0.717, 1.165) is 5.56 Å². The summed E-state index contributed by atoms with van der Waals surface area (Å²) in [5.74, 6) is 0.711. The summed E-state index contributed by atoms with van der Waals surface area (Å²) >= 11 is 0. The van der Waals surface area contributed by atoms with Crippen LogP contribution in [0.15, 0.2) is 36.7 Å². The van der Waals surface area contributed by atoms with Gasteiger partial charge in [-0.05, 0) is 12.1 Å². The summed E-state index contributed by atoms with van der Waals surface area (Å²) in [5.41, 5.74) is 0.758. The number of nitrogens with zero attached hydrogens (tertiary/aromatic N) is 3. The molecule has 4 nitrogen and oxygen atoms in total. The molecule has 0 atom stereocenters. The lowest BCUT2D eigenvalue weighted by atomic mass is 10.2. The monoisotopic (exact) mass is 173 g/mol. The number of phenolic OH excluding ortho intramolecular Hbond substituents is 1. The number of hydrogen-bond donors (Lipinski definition) is 1. The number of hydrogen-bond acceptors (Lipinski definition) is 4. The molecule has 1 N–H and O–H groups in total. The van der Waals surface area contributed by atoms with Crippen LogP contribution < -0.4 is 0 Å². The maximum Gasteiger partial charge on any atom is 0.181 e. The quantitative estimate of drug-likeness (QED) is 0.704. The van der Waals surface area contributed by atoms with Crippen molar-refractivity contribution in [3.8, 4) is 17.1 Å². The normalized spacial score (nSPS) is 9.85. The predicted octanol–water partition coefficient (Wildman–Crippen LogP) is 1.24. The van der Waals surface area contributed by atoms with Crippen molar-refractivity contribution in [2.75, 3.05) is 0 Å². The van der Waals surface area contributed by atoms with Gasteiger partial charge in [0.1, 0.15) is 5.75 Å². The van der Waals surface area contributed by atoms with Crippen LogP contribution >= 0.6 is 0 Å². The van der Waals surface area contributed by atoms with Gasteiger partial charge in [0.2, 0.25) is 0 Å². The van der Waals surface area contributed by atoms with E-state index in [4.69, 9.17) is 0 Å². The van der Waals surface area contributed by atoms with Crippen molar-refractivity contribution in [1.29, 1.82) is 0 Å². The molecule has 4 heteroatoms. The van der Waals surface area contributed by atoms with Crippen LogP contribution in [0.3, 0.4) is 0 Å². The minimum atomic E-state index is 0.199. The predicted molar refractivity (Wildman–Crippen MR) is 46.9 cm³/mol. The van der Waals surface area contributed by atoms with Crippen molar-refractivity contribution >= 4 is 0 Å². The highest BCUT2D eigenvalue weighted by Crippen LogP contribution is 2.18. The van der Waals surface area contributed by atoms with Gasteiger partial charge in [-0.1, -0.05) is 12.1 Å². The van der Waals surface area contributed by atoms with Crippen molar-refractivity contribution < 1.29 is 5.11 Å². The molecule has 64 valence electrons. The molecule has 0 saturated heterocycles. The van der Waals surface area contributed by atoms with Crippen LogP contribution in [0.2, 0.25) is 0 Å². The average molecular weight is 173 g/mol. The number of benzene rings is 1. The molecule has 0 aliphatic heterocycles. The van der Waals surface area contributed by atoms with Crippen LogP contribution in [0.5, 0.6) is 5.75 Å². The topological polar surface area (TPSA) is 58.9 Å². The van der Waals surface area contributed by atoms with E-state index in [1.54, 1.807) is 24.4 Å². The van der Waals surface area contributed by atoms with Gasteiger partial charge in [-0.15, -0.1) is 5.10 Å². The van der Waals surface area contributed by atoms with Gasteiger partial charge in [0.05, 0.1) is 6.20 Å². The summed E-state index contributed by atoms with van der Waals surface area (Å²) < 4.78 is 0. The molecule has 0 aliphatic carbocycles. The number of aromatic hydroxyl groups is 1. The zero-order chi connectivity index (χ0) is 9.10. The highest BCUT2D eigenvalue weighted by atomic mass is 16.3. The molecule has 2 rings (SSSR count). The van der Waals surface area contributed by atoms with E-state index in [9.17, 15) is 5.11 Å². The Balaban J connectivity index is 2.48. The Bertz CT molecular complexity index is 403. The summed E-state index contributed by atoms with van der Waals surface area (Å²) in [7, 11) is 0. The van der Waals surface area contributed by atoms with Gasteiger partial charge in [-0.2, -0.15) is 5.10 Å². The van der Waals surface area contributed by atoms with Crippen LogP contribution in [-0.4, -0.2) is 20.3 Å². The van der Waals surface area contributed by atoms with E-state index in [-0.39, 0.29) is 5.75 Å². The number of rotatable bonds is 1. The van der Waals surface area contributed by atoms with Gasteiger partial charge in [0.15, 0.2) is 5.82 Å². The van der Waals surface area contributed by atoms with E-state index < -0.39 is 0 Å². The molecule has 0 spiro atoms. The summed E-state index contributed by atoms with van der Waals surface area (Å²) in [6.07, 6.45) is 3.07. The van der Waals surface area contributed by atoms with Crippen LogP contribution in [-0.2, 0) is 0 Å². The molecule has 2 aromatic rings. The summed E-state index contributed by atoms with van der Waals surface area (Å²) in [6, 6.07) is 6.74. The fourth-order valence-corrected chi connectivity index (χ4v) is 1.02. The molecule has 0 bridgehead atoms. The maximum atomic E-state index is 9.20. The van der Waals surface area contributed by atoms with Crippen LogP contribution in [0, 0.1) is 0 Å². The molecule has 1 heterocycles. The number of aromatic nitrogens is 3. The lowest BCUT2D eigenvalue weighted by Gasteiger charge is -1.97. The lowest BCUT2D eigenvalue weighted by molar-refractivity contribution is 0.475. The van der Waals surface area contributed by atoms with Crippen molar-refractivity contribution in [3.63, 3.8) is 0 Å². The van der Waals surface area contributed by atoms with Crippen LogP contribution in [0.4, 0.5) is 0 Å². The zero-order valence-electron chi connectivity index (χ0n) is 6.75. The Morgan fingerprint density at radius 1 is 1.15 bits per heavy atom. The molecule has 0 amide bonds. The molecule has 0 aliphatic rings. The second-order valence-corrected chi connectivity index (χ2v) is 2.52. The molecule has 0 fully saturated rings. The van der Waals surface area contributed by atoms with E-state index in [1.807, 2.05) is 6.07 Å². The lowest BCUT2D eigenvalue weighted by Crippen LogP contribution is -1.89. The highest BCUT2D eigenvalue weighted by Gasteiger charge is 2.00. The maximum absolute atomic E-state index is 9.20. The minimum Gasteiger partial charge on any atom is -0.508 e. The van der Waals surface area contributed by atoms with E-state index >= 15 is 0 Å². The summed E-state index contributed by atoms with van der Waals surface area (Å²) in [4.78, 5) is 4.01. The molecule has 13 heavy (non-hydrogen) atoms. The van der Waals surface area contributed by atoms with Crippen molar-refractivity contribution in [2.24, 2.45) is 0 Å². The van der Waals surface area contributed by atoms with Gasteiger partial charge in [0, 0.05) is 11.8 Å². The largest absolute Gasteiger partial charge is 0.508 e. The van der Waals surface area contributed by atoms with E-state index in [2.05, 4.69) is 15.2 Å². The number of phenols is 1. The Morgan fingerprint density at radius 2 is 2.08 bits per heavy atom. The Morgan fingerprint density at radius 3 is 2.77 bits per heavy atom. The molecular formula is C9H7N3O. The SMILES string of the molecule is Oc1cccc(-c2nccnn2)c1. The first-order chi connectivity index (χ1) is 6.36. The Hall–Kier alpha value is -1.97. The van der Waals surface area contributed by atoms with Crippen molar-refractivity contribution in [3.05, 3.63) is 36.7 Å². The average Bonchev–Trinajstić information content (AvgIpc) is 2.19. The molecular weight excluding hydrogens is 166 g/mol. The first kappa shape index (κ1) is 7.67. The third-order valence-corrected chi connectivity index (χ3v) is 1.59. The van der Waals surface area contributed by atoms with Gasteiger partial charge < -0.3 is 5.11 Å². The van der Waals surface area contributed by atoms with Crippen molar-refractivity contribution in [2.45, 2.75) is 0 Å². The van der Waals surface area contributed by atoms with Gasteiger partial charge in [-0.25, -0.2) is 4.98 Å². The fraction of sp³-hybridized carbons (Fsp3) is 0. The van der Waals surface area contributed by atoms with Crippen LogP contribution in [0.1, 0.15) is 0 Å². The third kappa shape index (κ3) is 1.61. The fourth-order valence-electron chi connectivity index (χ4n) is 1.02. The summed E-state index contributed by atoms with van der Waals surface area (Å²) in [5, 5.41) is 16.7. The van der Waals surface area contributed by atoms with Gasteiger partial charge in [-0.3, -0.25) is 0 Å². The van der Waals surface area contributed by atoms with Gasteiger partial charge in [0.25, 0.3) is 0 Å². The second-order valence-electron chi connectivity index (χ2n) is 2.52. The van der Waals surface area contributed by atoms with Crippen molar-refractivity contribution in [1.82, 2.24) is 15.2 Å². The first-order valence-corrected chi connectivity index (χ1v) is 3.79. The molecule has 0 unspecified atom stereocenters. The highest BCUT2D eigenvalue weighted by molar-refractivity contribution is 5.56. The molecule has 1 aromatic carbocycles. The Labute approximate surface area is 74.9 Å². The standard InChI is InChI=1S/C9H7N3O/c13-8-3-1-2-7(6-8)9-10-4-5-11-12-9/h1-6,13H. The summed E-state index contributed by atoms with van der Waals surface area (Å²) in [6.45, 7) is 0. The zero-order valence-corrected chi connectivity index (χ0v) is 6.75. The second kappa shape index (κ2) is 3.18. The van der Waals surface area contributed by atoms with Crippen LogP contribution in [0.25, 0.3) is 11.4 Å². The Kier molecular flexibility index (Phi) is 1.88. The molecule has 0 radical (unpaired) electrons. The first-order valence-electron chi connectivity index (χ1n) is 3.79. The molecule has 0 saturated carbocycles.